The zero-order valence-corrected chi connectivity index (χ0v) is 14.4. The van der Waals surface area contributed by atoms with Crippen molar-refractivity contribution in [3.05, 3.63) is 63.7 Å². The van der Waals surface area contributed by atoms with Crippen molar-refractivity contribution < 1.29 is 14.5 Å². The summed E-state index contributed by atoms with van der Waals surface area (Å²) in [5, 5.41) is 13.5. The molecule has 0 aliphatic carbocycles. The van der Waals surface area contributed by atoms with Crippen LogP contribution in [-0.4, -0.2) is 23.3 Å². The van der Waals surface area contributed by atoms with E-state index in [1.807, 2.05) is 13.0 Å². The number of rotatable bonds is 4. The summed E-state index contributed by atoms with van der Waals surface area (Å²) in [6.45, 7) is 2.61. The Morgan fingerprint density at radius 3 is 2.54 bits per heavy atom. The fourth-order valence-corrected chi connectivity index (χ4v) is 2.98. The summed E-state index contributed by atoms with van der Waals surface area (Å²) < 4.78 is 0. The van der Waals surface area contributed by atoms with Crippen molar-refractivity contribution in [2.24, 2.45) is 0 Å². The van der Waals surface area contributed by atoms with Gasteiger partial charge < -0.3 is 10.2 Å². The van der Waals surface area contributed by atoms with Crippen LogP contribution >= 0.6 is 0 Å². The summed E-state index contributed by atoms with van der Waals surface area (Å²) in [7, 11) is 0. The summed E-state index contributed by atoms with van der Waals surface area (Å²) >= 11 is 0. The Labute approximate surface area is 150 Å². The molecule has 0 bridgehead atoms. The van der Waals surface area contributed by atoms with Crippen molar-refractivity contribution in [2.75, 3.05) is 16.8 Å². The van der Waals surface area contributed by atoms with Crippen molar-refractivity contribution in [2.45, 2.75) is 26.2 Å². The molecular weight excluding hydrogens is 334 g/mol. The molecule has 2 aromatic rings. The van der Waals surface area contributed by atoms with Crippen LogP contribution in [0.2, 0.25) is 0 Å². The molecule has 134 valence electrons. The largest absolute Gasteiger partial charge is 0.322 e. The highest BCUT2D eigenvalue weighted by Crippen LogP contribution is 2.28. The molecule has 3 rings (SSSR count). The number of carbonyl (C=O) groups is 2. The molecule has 0 atom stereocenters. The molecule has 1 aliphatic heterocycles. The van der Waals surface area contributed by atoms with E-state index in [1.54, 1.807) is 17.0 Å². The predicted molar refractivity (Wildman–Crippen MR) is 98.4 cm³/mol. The number of nitro benzene ring substituents is 1. The minimum Gasteiger partial charge on any atom is -0.322 e. The van der Waals surface area contributed by atoms with Gasteiger partial charge >= 0.3 is 0 Å². The molecule has 0 spiro atoms. The molecular formula is C19H19N3O4. The number of nitrogens with zero attached hydrogens (tertiary/aromatic N) is 2. The van der Waals surface area contributed by atoms with Crippen LogP contribution in [0.1, 0.15) is 35.2 Å². The van der Waals surface area contributed by atoms with E-state index >= 15 is 0 Å². The minimum absolute atomic E-state index is 0.0669. The second kappa shape index (κ2) is 7.35. The van der Waals surface area contributed by atoms with Crippen LogP contribution < -0.4 is 10.2 Å². The first kappa shape index (κ1) is 17.6. The van der Waals surface area contributed by atoms with Gasteiger partial charge in [0.15, 0.2) is 0 Å². The molecule has 26 heavy (non-hydrogen) atoms. The van der Waals surface area contributed by atoms with E-state index in [4.69, 9.17) is 0 Å². The molecule has 1 fully saturated rings. The molecule has 0 radical (unpaired) electrons. The van der Waals surface area contributed by atoms with E-state index in [-0.39, 0.29) is 17.5 Å². The van der Waals surface area contributed by atoms with Gasteiger partial charge in [0.25, 0.3) is 11.6 Å². The SMILES string of the molecule is Cc1ccc(NC(=O)c2ccc([N+](=O)[O-])cc2)cc1N1CCCCC1=O. The third-order valence-corrected chi connectivity index (χ3v) is 4.42. The molecule has 1 heterocycles. The van der Waals surface area contributed by atoms with Crippen LogP contribution in [0.3, 0.4) is 0 Å². The number of hydrogen-bond donors (Lipinski definition) is 1. The Hall–Kier alpha value is -3.22. The molecule has 2 amide bonds. The highest BCUT2D eigenvalue weighted by Gasteiger charge is 2.21. The Kier molecular flexibility index (Phi) is 4.97. The molecule has 0 aromatic heterocycles. The van der Waals surface area contributed by atoms with Crippen molar-refractivity contribution in [3.8, 4) is 0 Å². The fraction of sp³-hybridized carbons (Fsp3) is 0.263. The number of nitrogens with one attached hydrogen (secondary N) is 1. The number of aryl methyl sites for hydroxylation is 1. The van der Waals surface area contributed by atoms with Crippen LogP contribution in [-0.2, 0) is 4.79 Å². The van der Waals surface area contributed by atoms with E-state index in [0.717, 1.165) is 24.1 Å². The van der Waals surface area contributed by atoms with Gasteiger partial charge in [-0.1, -0.05) is 6.07 Å². The molecule has 0 unspecified atom stereocenters. The van der Waals surface area contributed by atoms with Gasteiger partial charge in [-0.2, -0.15) is 0 Å². The third-order valence-electron chi connectivity index (χ3n) is 4.42. The number of hydrogen-bond acceptors (Lipinski definition) is 4. The van der Waals surface area contributed by atoms with Crippen LogP contribution in [0.5, 0.6) is 0 Å². The Balaban J connectivity index is 1.79. The van der Waals surface area contributed by atoms with Crippen LogP contribution in [0, 0.1) is 17.0 Å². The maximum atomic E-state index is 12.4. The maximum Gasteiger partial charge on any atom is 0.269 e. The van der Waals surface area contributed by atoms with E-state index in [9.17, 15) is 19.7 Å². The van der Waals surface area contributed by atoms with Gasteiger partial charge in [-0.3, -0.25) is 19.7 Å². The maximum absolute atomic E-state index is 12.4. The highest BCUT2D eigenvalue weighted by molar-refractivity contribution is 6.05. The normalized spacial score (nSPS) is 14.2. The average Bonchev–Trinajstić information content (AvgIpc) is 2.64. The lowest BCUT2D eigenvalue weighted by atomic mass is 10.1. The second-order valence-electron chi connectivity index (χ2n) is 6.26. The first-order valence-corrected chi connectivity index (χ1v) is 8.42. The number of non-ortho nitro benzene ring substituents is 1. The van der Waals surface area contributed by atoms with Crippen LogP contribution in [0.15, 0.2) is 42.5 Å². The van der Waals surface area contributed by atoms with E-state index < -0.39 is 4.92 Å². The van der Waals surface area contributed by atoms with Gasteiger partial charge in [-0.05, 0) is 49.6 Å². The number of carbonyl (C=O) groups excluding carboxylic acids is 2. The topological polar surface area (TPSA) is 92.5 Å². The second-order valence-corrected chi connectivity index (χ2v) is 6.26. The summed E-state index contributed by atoms with van der Waals surface area (Å²) in [4.78, 5) is 36.5. The number of piperidine rings is 1. The Bertz CT molecular complexity index is 862. The first-order chi connectivity index (χ1) is 12.5. The minimum atomic E-state index is -0.510. The van der Waals surface area contributed by atoms with Crippen molar-refractivity contribution in [1.82, 2.24) is 0 Å². The lowest BCUT2D eigenvalue weighted by molar-refractivity contribution is -0.384. The van der Waals surface area contributed by atoms with Gasteiger partial charge in [-0.15, -0.1) is 0 Å². The van der Waals surface area contributed by atoms with Crippen LogP contribution in [0.25, 0.3) is 0 Å². The highest BCUT2D eigenvalue weighted by atomic mass is 16.6. The van der Waals surface area contributed by atoms with Crippen LogP contribution in [0.4, 0.5) is 17.1 Å². The van der Waals surface area contributed by atoms with Gasteiger partial charge in [-0.25, -0.2) is 0 Å². The van der Waals surface area contributed by atoms with Crippen molar-refractivity contribution >= 4 is 28.9 Å². The molecule has 0 saturated carbocycles. The summed E-state index contributed by atoms with van der Waals surface area (Å²) in [6.07, 6.45) is 2.41. The lowest BCUT2D eigenvalue weighted by Gasteiger charge is -2.28. The van der Waals surface area contributed by atoms with Gasteiger partial charge in [0, 0.05) is 42.0 Å². The lowest BCUT2D eigenvalue weighted by Crippen LogP contribution is -2.35. The third kappa shape index (κ3) is 3.72. The van der Waals surface area contributed by atoms with Crippen molar-refractivity contribution in [1.29, 1.82) is 0 Å². The zero-order chi connectivity index (χ0) is 18.7. The average molecular weight is 353 g/mol. The number of nitro groups is 1. The molecule has 2 aromatic carbocycles. The van der Waals surface area contributed by atoms with E-state index in [0.29, 0.717) is 24.2 Å². The predicted octanol–water partition coefficient (Wildman–Crippen LogP) is 3.67. The van der Waals surface area contributed by atoms with Gasteiger partial charge in [0.1, 0.15) is 0 Å². The quantitative estimate of drug-likeness (QED) is 0.670. The Morgan fingerprint density at radius 2 is 1.88 bits per heavy atom. The summed E-state index contributed by atoms with van der Waals surface area (Å²) in [5.74, 6) is -0.266. The zero-order valence-electron chi connectivity index (χ0n) is 14.4. The summed E-state index contributed by atoms with van der Waals surface area (Å²) in [6, 6.07) is 10.8. The van der Waals surface area contributed by atoms with Gasteiger partial charge in [0.05, 0.1) is 4.92 Å². The fourth-order valence-electron chi connectivity index (χ4n) is 2.98. The molecule has 1 aliphatic rings. The first-order valence-electron chi connectivity index (χ1n) is 8.42. The van der Waals surface area contributed by atoms with Gasteiger partial charge in [0.2, 0.25) is 5.91 Å². The number of amides is 2. The molecule has 1 N–H and O–H groups in total. The number of anilines is 2. The number of benzene rings is 2. The Morgan fingerprint density at radius 1 is 1.15 bits per heavy atom. The molecule has 1 saturated heterocycles. The molecule has 7 nitrogen and oxygen atoms in total. The van der Waals surface area contributed by atoms with E-state index in [1.165, 1.54) is 24.3 Å². The summed E-state index contributed by atoms with van der Waals surface area (Å²) in [5.41, 5.74) is 2.60. The standard InChI is InChI=1S/C19H19N3O4/c1-13-5-8-15(12-17(13)21-11-3-2-4-18(21)23)20-19(24)14-6-9-16(10-7-14)22(25)26/h5-10,12H,2-4,11H2,1H3,(H,20,24). The van der Waals surface area contributed by atoms with Crippen molar-refractivity contribution in [3.63, 3.8) is 0 Å². The monoisotopic (exact) mass is 353 g/mol. The smallest absolute Gasteiger partial charge is 0.269 e. The van der Waals surface area contributed by atoms with E-state index in [2.05, 4.69) is 5.32 Å². The molecule has 7 heteroatoms.